The van der Waals surface area contributed by atoms with Gasteiger partial charge >= 0.3 is 11.5 Å². The van der Waals surface area contributed by atoms with Crippen LogP contribution < -0.4 is 11.1 Å². The number of thiophene rings is 1. The molecule has 0 aliphatic rings. The molecule has 2 rings (SSSR count). The van der Waals surface area contributed by atoms with Gasteiger partial charge in [0.05, 0.1) is 11.1 Å². The molecule has 6 nitrogen and oxygen atoms in total. The Morgan fingerprint density at radius 2 is 1.81 bits per heavy atom. The predicted octanol–water partition coefficient (Wildman–Crippen LogP) is 3.25. The summed E-state index contributed by atoms with van der Waals surface area (Å²) >= 11 is 0.768. The molecular weight excluding hydrogens is 393 g/mol. The molecule has 0 bridgehead atoms. The van der Waals surface area contributed by atoms with Crippen LogP contribution in [0.3, 0.4) is 0 Å². The molecule has 1 aromatic carbocycles. The maximum atomic E-state index is 12.2. The normalized spacial score (nSPS) is 11.0. The number of carbonyl (C=O) groups is 3. The van der Waals surface area contributed by atoms with Crippen LogP contribution in [0.15, 0.2) is 40.6 Å². The van der Waals surface area contributed by atoms with Gasteiger partial charge in [-0.1, -0.05) is 0 Å². The van der Waals surface area contributed by atoms with Crippen LogP contribution in [-0.2, 0) is 9.53 Å². The number of carbonyl (C=O) groups excluding carboxylic acids is 3. The molecular formula is C15H11F3N2O4S2. The molecule has 0 unspecified atom stereocenters. The summed E-state index contributed by atoms with van der Waals surface area (Å²) in [6.07, 6.45) is 0. The van der Waals surface area contributed by atoms with Crippen LogP contribution in [0.5, 0.6) is 0 Å². The number of thioether (sulfide) groups is 1. The van der Waals surface area contributed by atoms with E-state index in [9.17, 15) is 27.6 Å². The summed E-state index contributed by atoms with van der Waals surface area (Å²) in [6.45, 7) is -0.631. The van der Waals surface area contributed by atoms with Gasteiger partial charge in [-0.3, -0.25) is 9.59 Å². The quantitative estimate of drug-likeness (QED) is 0.569. The van der Waals surface area contributed by atoms with Gasteiger partial charge in [0.25, 0.3) is 11.8 Å². The average Bonchev–Trinajstić information content (AvgIpc) is 3.00. The number of hydrogen-bond acceptors (Lipinski definition) is 6. The number of primary amides is 1. The third kappa shape index (κ3) is 5.77. The predicted molar refractivity (Wildman–Crippen MR) is 90.1 cm³/mol. The van der Waals surface area contributed by atoms with Gasteiger partial charge in [-0.05, 0) is 47.5 Å². The van der Waals surface area contributed by atoms with E-state index in [4.69, 9.17) is 10.5 Å². The number of rotatable bonds is 6. The minimum atomic E-state index is -4.42. The van der Waals surface area contributed by atoms with Gasteiger partial charge in [0.2, 0.25) is 0 Å². The maximum Gasteiger partial charge on any atom is 0.446 e. The van der Waals surface area contributed by atoms with Gasteiger partial charge in [-0.25, -0.2) is 4.79 Å². The molecule has 11 heteroatoms. The number of alkyl halides is 3. The summed E-state index contributed by atoms with van der Waals surface area (Å²) in [6, 6.07) is 6.02. The smallest absolute Gasteiger partial charge is 0.446 e. The maximum absolute atomic E-state index is 12.2. The minimum absolute atomic E-state index is 0.00160. The number of ether oxygens (including phenoxy) is 1. The molecule has 0 fully saturated rings. The summed E-state index contributed by atoms with van der Waals surface area (Å²) in [5.74, 6) is -2.27. The first kappa shape index (κ1) is 19.8. The van der Waals surface area contributed by atoms with E-state index in [2.05, 4.69) is 5.32 Å². The Morgan fingerprint density at radius 3 is 2.38 bits per heavy atom. The number of esters is 1. The van der Waals surface area contributed by atoms with Gasteiger partial charge < -0.3 is 15.8 Å². The van der Waals surface area contributed by atoms with Crippen molar-refractivity contribution in [3.8, 4) is 0 Å². The zero-order valence-corrected chi connectivity index (χ0v) is 14.5. The molecule has 1 heterocycles. The molecule has 0 atom stereocenters. The first-order chi connectivity index (χ1) is 12.2. The van der Waals surface area contributed by atoms with Crippen molar-refractivity contribution in [1.29, 1.82) is 0 Å². The lowest BCUT2D eigenvalue weighted by Crippen LogP contribution is -2.22. The Balaban J connectivity index is 1.88. The van der Waals surface area contributed by atoms with Crippen LogP contribution in [0.4, 0.5) is 18.2 Å². The van der Waals surface area contributed by atoms with Crippen molar-refractivity contribution >= 4 is 45.9 Å². The van der Waals surface area contributed by atoms with Crippen LogP contribution in [0.1, 0.15) is 20.7 Å². The molecule has 26 heavy (non-hydrogen) atoms. The SMILES string of the molecule is NC(=O)c1ccsc1NC(=O)COC(=O)c1ccc(SC(F)(F)F)cc1. The third-order valence-electron chi connectivity index (χ3n) is 2.84. The highest BCUT2D eigenvalue weighted by atomic mass is 32.2. The highest BCUT2D eigenvalue weighted by molar-refractivity contribution is 8.00. The van der Waals surface area contributed by atoms with Gasteiger partial charge in [-0.2, -0.15) is 13.2 Å². The number of halogens is 3. The number of anilines is 1. The van der Waals surface area contributed by atoms with Crippen molar-refractivity contribution < 1.29 is 32.3 Å². The van der Waals surface area contributed by atoms with Crippen LogP contribution >= 0.6 is 23.1 Å². The second-order valence-corrected chi connectivity index (χ2v) is 6.78. The standard InChI is InChI=1S/C15H11F3N2O4S2/c16-15(17,18)26-9-3-1-8(2-4-9)14(23)24-7-11(21)20-13-10(12(19)22)5-6-25-13/h1-6H,7H2,(H2,19,22)(H,20,21). The summed E-state index contributed by atoms with van der Waals surface area (Å²) in [4.78, 5) is 34.7. The topological polar surface area (TPSA) is 98.5 Å². The zero-order chi connectivity index (χ0) is 19.3. The lowest BCUT2D eigenvalue weighted by molar-refractivity contribution is -0.119. The largest absolute Gasteiger partial charge is 0.452 e. The van der Waals surface area contributed by atoms with Crippen molar-refractivity contribution in [2.24, 2.45) is 5.73 Å². The van der Waals surface area contributed by atoms with Crippen LogP contribution in [0, 0.1) is 0 Å². The van der Waals surface area contributed by atoms with Gasteiger partial charge in [0, 0.05) is 4.90 Å². The average molecular weight is 404 g/mol. The molecule has 2 aromatic rings. The fraction of sp³-hybridized carbons (Fsp3) is 0.133. The van der Waals surface area contributed by atoms with E-state index in [1.807, 2.05) is 0 Å². The van der Waals surface area contributed by atoms with Crippen molar-refractivity contribution in [2.45, 2.75) is 10.4 Å². The summed E-state index contributed by atoms with van der Waals surface area (Å²) in [5.41, 5.74) is 0.848. The molecule has 2 amide bonds. The fourth-order valence-electron chi connectivity index (χ4n) is 1.77. The van der Waals surface area contributed by atoms with Gasteiger partial charge in [-0.15, -0.1) is 11.3 Å². The fourth-order valence-corrected chi connectivity index (χ4v) is 3.12. The number of hydrogen-bond donors (Lipinski definition) is 2. The molecule has 0 aliphatic carbocycles. The molecule has 0 saturated heterocycles. The van der Waals surface area contributed by atoms with Crippen molar-refractivity contribution in [3.63, 3.8) is 0 Å². The van der Waals surface area contributed by atoms with E-state index >= 15 is 0 Å². The van der Waals surface area contributed by atoms with Gasteiger partial charge in [0.15, 0.2) is 6.61 Å². The minimum Gasteiger partial charge on any atom is -0.452 e. The highest BCUT2D eigenvalue weighted by Crippen LogP contribution is 2.36. The molecule has 0 radical (unpaired) electrons. The second kappa shape index (κ2) is 8.23. The van der Waals surface area contributed by atoms with E-state index < -0.39 is 29.9 Å². The first-order valence-electron chi connectivity index (χ1n) is 6.86. The van der Waals surface area contributed by atoms with Crippen molar-refractivity contribution in [2.75, 3.05) is 11.9 Å². The lowest BCUT2D eigenvalue weighted by atomic mass is 10.2. The third-order valence-corrected chi connectivity index (χ3v) is 4.41. The molecule has 1 aromatic heterocycles. The molecule has 0 aliphatic heterocycles. The highest BCUT2D eigenvalue weighted by Gasteiger charge is 2.29. The molecule has 3 N–H and O–H groups in total. The Labute approximate surface area is 153 Å². The number of nitrogens with two attached hydrogens (primary N) is 1. The van der Waals surface area contributed by atoms with Crippen LogP contribution in [0.2, 0.25) is 0 Å². The van der Waals surface area contributed by atoms with Crippen molar-refractivity contribution in [3.05, 3.63) is 46.8 Å². The van der Waals surface area contributed by atoms with E-state index in [-0.39, 0.29) is 32.8 Å². The van der Waals surface area contributed by atoms with Crippen LogP contribution in [-0.4, -0.2) is 29.9 Å². The van der Waals surface area contributed by atoms with Crippen molar-refractivity contribution in [1.82, 2.24) is 0 Å². The molecule has 138 valence electrons. The van der Waals surface area contributed by atoms with E-state index in [1.165, 1.54) is 18.2 Å². The number of nitrogens with one attached hydrogen (secondary N) is 1. The second-order valence-electron chi connectivity index (χ2n) is 4.72. The Morgan fingerprint density at radius 1 is 1.15 bits per heavy atom. The van der Waals surface area contributed by atoms with E-state index in [0.717, 1.165) is 23.5 Å². The number of benzene rings is 1. The Hall–Kier alpha value is -2.53. The first-order valence-corrected chi connectivity index (χ1v) is 8.55. The monoisotopic (exact) mass is 404 g/mol. The summed E-state index contributed by atoms with van der Waals surface area (Å²) in [5, 5.41) is 4.17. The molecule has 0 spiro atoms. The van der Waals surface area contributed by atoms with E-state index in [0.29, 0.717) is 0 Å². The zero-order valence-electron chi connectivity index (χ0n) is 12.8. The number of amides is 2. The molecule has 0 saturated carbocycles. The summed E-state index contributed by atoms with van der Waals surface area (Å²) in [7, 11) is 0. The van der Waals surface area contributed by atoms with E-state index in [1.54, 1.807) is 5.38 Å². The summed E-state index contributed by atoms with van der Waals surface area (Å²) < 4.78 is 41.5. The Bertz CT molecular complexity index is 819. The van der Waals surface area contributed by atoms with Crippen LogP contribution in [0.25, 0.3) is 0 Å². The van der Waals surface area contributed by atoms with Gasteiger partial charge in [0.1, 0.15) is 5.00 Å². The Kier molecular flexibility index (Phi) is 6.27. The lowest BCUT2D eigenvalue weighted by Gasteiger charge is -2.08.